The minimum Gasteiger partial charge on any atom is -0.369 e. The number of fused-ring (bicyclic) bond motifs is 2. The molecule has 31 heavy (non-hydrogen) atoms. The Morgan fingerprint density at radius 3 is 2.65 bits per heavy atom. The van der Waals surface area contributed by atoms with Crippen LogP contribution in [0.4, 0.5) is 0 Å². The van der Waals surface area contributed by atoms with Crippen LogP contribution in [0.3, 0.4) is 0 Å². The number of halogens is 1. The lowest BCUT2D eigenvalue weighted by Gasteiger charge is -2.37. The molecule has 1 spiro atoms. The molecule has 2 N–H and O–H groups in total. The monoisotopic (exact) mass is 430 g/mol. The van der Waals surface area contributed by atoms with Gasteiger partial charge >= 0.3 is 0 Å². The predicted molar refractivity (Wildman–Crippen MR) is 123 cm³/mol. The SMILES string of the molecule is CN1C(=O)[C@]2(CC(Cc3ccccc3)Cc3ccc(-c4cncc(Cl)c4)cc32)N=C1N. The second-order valence-corrected chi connectivity index (χ2v) is 8.86. The van der Waals surface area contributed by atoms with Crippen LogP contribution in [0.1, 0.15) is 23.1 Å². The molecule has 2 heterocycles. The van der Waals surface area contributed by atoms with E-state index < -0.39 is 5.54 Å². The number of hydrogen-bond acceptors (Lipinski definition) is 4. The van der Waals surface area contributed by atoms with Crippen molar-refractivity contribution >= 4 is 23.5 Å². The first-order valence-electron chi connectivity index (χ1n) is 10.4. The fourth-order valence-corrected chi connectivity index (χ4v) is 5.07. The lowest BCUT2D eigenvalue weighted by atomic mass is 9.69. The number of aliphatic imine (C=N–C) groups is 1. The summed E-state index contributed by atoms with van der Waals surface area (Å²) in [6, 6.07) is 18.5. The normalized spacial score (nSPS) is 22.5. The molecule has 0 fully saturated rings. The third-order valence-electron chi connectivity index (χ3n) is 6.36. The van der Waals surface area contributed by atoms with Gasteiger partial charge in [0.05, 0.1) is 5.02 Å². The van der Waals surface area contributed by atoms with Crippen LogP contribution in [0.15, 0.2) is 72.0 Å². The molecule has 2 aromatic carbocycles. The van der Waals surface area contributed by atoms with Crippen molar-refractivity contribution in [1.29, 1.82) is 0 Å². The Hall–Kier alpha value is -3.18. The van der Waals surface area contributed by atoms with Crippen molar-refractivity contribution < 1.29 is 4.79 Å². The summed E-state index contributed by atoms with van der Waals surface area (Å²) in [6.45, 7) is 0. The van der Waals surface area contributed by atoms with E-state index in [-0.39, 0.29) is 11.9 Å². The first-order valence-corrected chi connectivity index (χ1v) is 10.8. The Morgan fingerprint density at radius 1 is 1.13 bits per heavy atom. The number of carbonyl (C=O) groups is 1. The number of amides is 1. The number of rotatable bonds is 3. The molecular weight excluding hydrogens is 408 g/mol. The van der Waals surface area contributed by atoms with E-state index in [9.17, 15) is 4.79 Å². The van der Waals surface area contributed by atoms with E-state index in [0.717, 1.165) is 35.1 Å². The van der Waals surface area contributed by atoms with Gasteiger partial charge in [-0.2, -0.15) is 0 Å². The highest BCUT2D eigenvalue weighted by molar-refractivity contribution is 6.30. The molecule has 0 bridgehead atoms. The summed E-state index contributed by atoms with van der Waals surface area (Å²) >= 11 is 6.15. The number of benzene rings is 2. The maximum Gasteiger partial charge on any atom is 0.261 e. The Kier molecular flexibility index (Phi) is 4.78. The number of nitrogens with two attached hydrogens (primary N) is 1. The highest BCUT2D eigenvalue weighted by atomic mass is 35.5. The van der Waals surface area contributed by atoms with Gasteiger partial charge in [0.1, 0.15) is 0 Å². The molecule has 3 aromatic rings. The van der Waals surface area contributed by atoms with Gasteiger partial charge in [-0.25, -0.2) is 4.99 Å². The summed E-state index contributed by atoms with van der Waals surface area (Å²) in [5, 5.41) is 0.576. The molecule has 1 aromatic heterocycles. The van der Waals surface area contributed by atoms with Crippen molar-refractivity contribution in [3.05, 3.63) is 88.7 Å². The highest BCUT2D eigenvalue weighted by Gasteiger charge is 2.52. The number of hydrogen-bond donors (Lipinski definition) is 1. The summed E-state index contributed by atoms with van der Waals surface area (Å²) in [5.74, 6) is 0.497. The molecule has 156 valence electrons. The molecule has 1 amide bonds. The minimum absolute atomic E-state index is 0.0645. The molecule has 2 atom stereocenters. The van der Waals surface area contributed by atoms with Gasteiger partial charge in [-0.3, -0.25) is 14.7 Å². The van der Waals surface area contributed by atoms with Gasteiger partial charge in [0, 0.05) is 25.0 Å². The maximum atomic E-state index is 13.5. The van der Waals surface area contributed by atoms with E-state index in [1.807, 2.05) is 12.1 Å². The van der Waals surface area contributed by atoms with Crippen molar-refractivity contribution in [2.24, 2.45) is 16.6 Å². The van der Waals surface area contributed by atoms with Crippen LogP contribution in [0, 0.1) is 5.92 Å². The molecule has 0 saturated carbocycles. The number of pyridine rings is 1. The minimum atomic E-state index is -0.978. The average Bonchev–Trinajstić information content (AvgIpc) is 2.98. The van der Waals surface area contributed by atoms with E-state index in [1.54, 1.807) is 19.4 Å². The zero-order valence-electron chi connectivity index (χ0n) is 17.3. The van der Waals surface area contributed by atoms with E-state index in [2.05, 4.69) is 47.4 Å². The Morgan fingerprint density at radius 2 is 1.94 bits per heavy atom. The van der Waals surface area contributed by atoms with Crippen molar-refractivity contribution in [2.75, 3.05) is 7.05 Å². The summed E-state index contributed by atoms with van der Waals surface area (Å²) in [6.07, 6.45) is 5.82. The van der Waals surface area contributed by atoms with E-state index in [1.165, 1.54) is 10.5 Å². The highest BCUT2D eigenvalue weighted by Crippen LogP contribution is 2.46. The third-order valence-corrected chi connectivity index (χ3v) is 6.57. The van der Waals surface area contributed by atoms with Gasteiger partial charge in [0.15, 0.2) is 11.5 Å². The van der Waals surface area contributed by atoms with Crippen LogP contribution in [0.25, 0.3) is 11.1 Å². The molecule has 0 saturated heterocycles. The van der Waals surface area contributed by atoms with Gasteiger partial charge in [0.2, 0.25) is 0 Å². The second kappa shape index (κ2) is 7.50. The van der Waals surface area contributed by atoms with Gasteiger partial charge in [0.25, 0.3) is 5.91 Å². The summed E-state index contributed by atoms with van der Waals surface area (Å²) in [4.78, 5) is 23.9. The van der Waals surface area contributed by atoms with Crippen LogP contribution < -0.4 is 5.73 Å². The summed E-state index contributed by atoms with van der Waals surface area (Å²) in [5.41, 5.74) is 10.4. The fourth-order valence-electron chi connectivity index (χ4n) is 4.90. The molecule has 2 aliphatic rings. The molecule has 5 rings (SSSR count). The first kappa shape index (κ1) is 19.8. The molecule has 1 unspecified atom stereocenters. The quantitative estimate of drug-likeness (QED) is 0.677. The lowest BCUT2D eigenvalue weighted by Crippen LogP contribution is -2.44. The largest absolute Gasteiger partial charge is 0.369 e. The van der Waals surface area contributed by atoms with Crippen molar-refractivity contribution in [1.82, 2.24) is 9.88 Å². The molecule has 0 radical (unpaired) electrons. The second-order valence-electron chi connectivity index (χ2n) is 8.42. The third kappa shape index (κ3) is 3.39. The smallest absolute Gasteiger partial charge is 0.261 e. The molecule has 5 nitrogen and oxygen atoms in total. The van der Waals surface area contributed by atoms with Crippen LogP contribution >= 0.6 is 11.6 Å². The van der Waals surface area contributed by atoms with Crippen molar-refractivity contribution in [3.8, 4) is 11.1 Å². The van der Waals surface area contributed by atoms with Gasteiger partial charge in [-0.15, -0.1) is 0 Å². The first-order chi connectivity index (χ1) is 15.0. The van der Waals surface area contributed by atoms with E-state index in [4.69, 9.17) is 22.3 Å². The molecule has 1 aliphatic carbocycles. The molecule has 6 heteroatoms. The number of likely N-dealkylation sites (N-methyl/N-ethyl adjacent to an activating group) is 1. The fraction of sp³-hybridized carbons (Fsp3) is 0.240. The Bertz CT molecular complexity index is 1190. The topological polar surface area (TPSA) is 71.6 Å². The van der Waals surface area contributed by atoms with Crippen molar-refractivity contribution in [3.63, 3.8) is 0 Å². The van der Waals surface area contributed by atoms with Crippen LogP contribution in [0.2, 0.25) is 5.02 Å². The standard InChI is InChI=1S/C25H23ClN4O/c1-30-23(31)25(29-24(30)27)13-17(9-16-5-3-2-4-6-16)10-19-8-7-18(12-22(19)25)20-11-21(26)15-28-14-20/h2-8,11-12,14-15,17H,9-10,13H2,1H3,(H2,27,29)/t17?,25-/m1/s1. The Balaban J connectivity index is 1.61. The van der Waals surface area contributed by atoms with Crippen molar-refractivity contribution in [2.45, 2.75) is 24.8 Å². The van der Waals surface area contributed by atoms with Crippen LogP contribution in [-0.4, -0.2) is 28.8 Å². The van der Waals surface area contributed by atoms with E-state index in [0.29, 0.717) is 17.4 Å². The molecular formula is C25H23ClN4O. The number of aromatic nitrogens is 1. The number of carbonyl (C=O) groups excluding carboxylic acids is 1. The van der Waals surface area contributed by atoms with Gasteiger partial charge in [-0.1, -0.05) is 54.1 Å². The summed E-state index contributed by atoms with van der Waals surface area (Å²) < 4.78 is 0. The number of guanidine groups is 1. The van der Waals surface area contributed by atoms with Crippen LogP contribution in [0.5, 0.6) is 0 Å². The Labute approximate surface area is 186 Å². The van der Waals surface area contributed by atoms with Crippen LogP contribution in [-0.2, 0) is 23.2 Å². The predicted octanol–water partition coefficient (Wildman–Crippen LogP) is 4.19. The van der Waals surface area contributed by atoms with E-state index >= 15 is 0 Å². The number of nitrogens with zero attached hydrogens (tertiary/aromatic N) is 3. The zero-order chi connectivity index (χ0) is 21.6. The average molecular weight is 431 g/mol. The maximum absolute atomic E-state index is 13.5. The zero-order valence-corrected chi connectivity index (χ0v) is 18.0. The van der Waals surface area contributed by atoms with Gasteiger partial charge < -0.3 is 5.73 Å². The molecule has 1 aliphatic heterocycles. The lowest BCUT2D eigenvalue weighted by molar-refractivity contribution is -0.131. The van der Waals surface area contributed by atoms with Gasteiger partial charge in [-0.05, 0) is 59.6 Å². The summed E-state index contributed by atoms with van der Waals surface area (Å²) in [7, 11) is 1.70.